The van der Waals surface area contributed by atoms with Crippen molar-refractivity contribution in [3.8, 4) is 0 Å². The van der Waals surface area contributed by atoms with Gasteiger partial charge < -0.3 is 89.9 Å². The highest BCUT2D eigenvalue weighted by Gasteiger charge is 2.54. The van der Waals surface area contributed by atoms with Crippen molar-refractivity contribution in [1.82, 2.24) is 5.32 Å². The van der Waals surface area contributed by atoms with Crippen LogP contribution in [0.1, 0.15) is 239 Å². The number of hydrogen-bond donors (Lipinski definition) is 12. The summed E-state index contributed by atoms with van der Waals surface area (Å²) in [6.07, 6.45) is 74.5. The lowest BCUT2D eigenvalue weighted by Gasteiger charge is -2.48. The van der Waals surface area contributed by atoms with Crippen LogP contribution in [0.25, 0.3) is 0 Å². The Balaban J connectivity index is 1.40. The number of carbonyl (C=O) groups is 1. The predicted molar refractivity (Wildman–Crippen MR) is 433 cm³/mol. The van der Waals surface area contributed by atoms with E-state index < -0.39 is 131 Å². The molecule has 0 aromatic heterocycles. The van der Waals surface area contributed by atoms with Crippen LogP contribution in [0.4, 0.5) is 0 Å². The van der Waals surface area contributed by atoms with Crippen LogP contribution < -0.4 is 5.32 Å². The maximum atomic E-state index is 13.5. The zero-order chi connectivity index (χ0) is 78.1. The summed E-state index contributed by atoms with van der Waals surface area (Å²) in [5.41, 5.74) is 0. The van der Waals surface area contributed by atoms with Gasteiger partial charge in [-0.05, 0) is 135 Å². The molecule has 3 rings (SSSR count). The molecule has 17 atom stereocenters. The summed E-state index contributed by atoms with van der Waals surface area (Å²) in [5.74, 6) is -0.339. The summed E-state index contributed by atoms with van der Waals surface area (Å²) in [5, 5.41) is 121. The first-order chi connectivity index (χ1) is 52.8. The van der Waals surface area contributed by atoms with E-state index in [1.54, 1.807) is 6.08 Å². The Morgan fingerprint density at radius 3 is 1.04 bits per heavy atom. The minimum atomic E-state index is -2.00. The van der Waals surface area contributed by atoms with Crippen LogP contribution in [0.2, 0.25) is 0 Å². The largest absolute Gasteiger partial charge is 0.394 e. The number of aliphatic hydroxyl groups excluding tert-OH is 11. The molecule has 0 saturated carbocycles. The zero-order valence-electron chi connectivity index (χ0n) is 65.5. The molecule has 0 aromatic rings. The van der Waals surface area contributed by atoms with Gasteiger partial charge in [-0.15, -0.1) is 0 Å². The van der Waals surface area contributed by atoms with Crippen LogP contribution in [0, 0.1) is 0 Å². The van der Waals surface area contributed by atoms with Gasteiger partial charge in [0, 0.05) is 6.42 Å². The predicted octanol–water partition coefficient (Wildman–Crippen LogP) is 14.3. The zero-order valence-corrected chi connectivity index (χ0v) is 65.5. The average molecular weight is 1520 g/mol. The van der Waals surface area contributed by atoms with Gasteiger partial charge in [0.1, 0.15) is 73.2 Å². The molecule has 0 aliphatic carbocycles. The highest BCUT2D eigenvalue weighted by atomic mass is 16.8. The fourth-order valence-corrected chi connectivity index (χ4v) is 12.4. The molecule has 0 aromatic carbocycles. The first-order valence-electron chi connectivity index (χ1n) is 41.0. The van der Waals surface area contributed by atoms with Gasteiger partial charge in [-0.25, -0.2) is 0 Å². The Bertz CT molecular complexity index is 2670. The number of carbonyl (C=O) groups excluding carboxylic acids is 1. The van der Waals surface area contributed by atoms with Crippen molar-refractivity contribution in [2.24, 2.45) is 0 Å². The second kappa shape index (κ2) is 66.5. The van der Waals surface area contributed by atoms with Gasteiger partial charge in [0.2, 0.25) is 5.91 Å². The quantitative estimate of drug-likeness (QED) is 0.0199. The summed E-state index contributed by atoms with van der Waals surface area (Å²) in [7, 11) is 0. The van der Waals surface area contributed by atoms with Crippen LogP contribution in [0.3, 0.4) is 0 Å². The topological polar surface area (TPSA) is 307 Å². The molecule has 19 heteroatoms. The average Bonchev–Trinajstić information content (AvgIpc) is 0.775. The fourth-order valence-electron chi connectivity index (χ4n) is 12.4. The number of hydrogen-bond acceptors (Lipinski definition) is 18. The van der Waals surface area contributed by atoms with Gasteiger partial charge in [-0.2, -0.15) is 0 Å². The van der Waals surface area contributed by atoms with E-state index in [1.807, 2.05) is 6.08 Å². The van der Waals surface area contributed by atoms with Crippen molar-refractivity contribution in [3.63, 3.8) is 0 Å². The number of unbranched alkanes of at least 4 members (excludes halogenated alkanes) is 18. The van der Waals surface area contributed by atoms with Crippen molar-refractivity contribution in [1.29, 1.82) is 0 Å². The molecule has 1 amide bonds. The van der Waals surface area contributed by atoms with Crippen LogP contribution in [0.5, 0.6) is 0 Å². The van der Waals surface area contributed by atoms with Crippen LogP contribution in [-0.2, 0) is 33.2 Å². The lowest BCUT2D eigenvalue weighted by atomic mass is 9.96. The highest BCUT2D eigenvalue weighted by Crippen LogP contribution is 2.33. The second-order valence-electron chi connectivity index (χ2n) is 28.1. The monoisotopic (exact) mass is 1510 g/mol. The molecule has 3 heterocycles. The Hall–Kier alpha value is -5.11. The van der Waals surface area contributed by atoms with Crippen molar-refractivity contribution in [2.45, 2.75) is 343 Å². The Kier molecular flexibility index (Phi) is 59.8. The molecule has 0 radical (unpaired) electrons. The molecule has 0 spiro atoms. The number of rotatable bonds is 62. The van der Waals surface area contributed by atoms with Gasteiger partial charge in [0.25, 0.3) is 0 Å². The summed E-state index contributed by atoms with van der Waals surface area (Å²) in [4.78, 5) is 13.5. The SMILES string of the molecule is CC/C=C\C/C=C\C/C=C\C/C=C\C/C=C\C/C=C\C/C=C\C/C=C\C/C=C\C/C=C\C/C=C\C/C=C\CCCCC(=O)NC(COC1OC(CO)C(OC2OC(CO)C(OC3OC(CO)C(O)C(O)C3O)C(O)C2O)C(O)C1O)C(O)/C=C/CC/C=C/CC/C=C/CCCCCCCCCCCCCCCC. The normalized spacial score (nSPS) is 26.4. The molecule has 3 aliphatic heterocycles. The first-order valence-corrected chi connectivity index (χ1v) is 41.0. The van der Waals surface area contributed by atoms with Gasteiger partial charge in [0.05, 0.1) is 38.6 Å². The molecular weight excluding hydrogens is 1370 g/mol. The standard InChI is InChI=1S/C89H143NO18/c1-3-5-7-9-11-13-15-17-19-21-23-25-27-29-30-31-32-33-34-35-36-37-38-39-40-41-42-43-45-47-49-51-53-55-57-59-61-63-65-67-77(95)90-72(73(94)66-64-62-60-58-56-54-52-50-48-46-44-28-26-24-22-20-18-16-14-12-10-8-6-4-2)71-103-87-83(101)80(98)85(75(69-92)105-87)108-89-84(102)81(99)86(76(70-93)106-89)107-88-82(100)79(97)78(96)74(68-91)104-88/h5,7,11,13,17,19,23,25,29-30,32-33,35-36,38-39,41-42,45,47-48,50-51,53,56-59,64,66,72-76,78-89,91-94,96-102H,3-4,6,8-10,12,14-16,18,20-22,24,26-28,31,34,37,40,43-44,46,49,52,54-55,60-63,65,67-71H2,1-2H3,(H,90,95)/b7-5-,13-11-,19-17-,25-23-,30-29-,33-32-,36-35-,39-38-,42-41-,47-45-,50-48+,53-51-,58-56+,59-57-,66-64+. The molecule has 3 saturated heterocycles. The maximum Gasteiger partial charge on any atom is 0.220 e. The smallest absolute Gasteiger partial charge is 0.220 e. The molecule has 19 nitrogen and oxygen atoms in total. The molecule has 612 valence electrons. The molecule has 12 N–H and O–H groups in total. The molecule has 108 heavy (non-hydrogen) atoms. The minimum Gasteiger partial charge on any atom is -0.394 e. The number of ether oxygens (including phenoxy) is 6. The maximum absolute atomic E-state index is 13.5. The third kappa shape index (κ3) is 45.4. The van der Waals surface area contributed by atoms with E-state index >= 15 is 0 Å². The lowest BCUT2D eigenvalue weighted by Crippen LogP contribution is -2.66. The Morgan fingerprint density at radius 1 is 0.343 bits per heavy atom. The molecule has 0 bridgehead atoms. The van der Waals surface area contributed by atoms with E-state index in [0.29, 0.717) is 12.8 Å². The molecule has 3 fully saturated rings. The molecular formula is C89H143NO18. The van der Waals surface area contributed by atoms with Gasteiger partial charge in [0.15, 0.2) is 18.9 Å². The molecule has 17 unspecified atom stereocenters. The summed E-state index contributed by atoms with van der Waals surface area (Å²) < 4.78 is 34.4. The van der Waals surface area contributed by atoms with Crippen molar-refractivity contribution in [3.05, 3.63) is 182 Å². The van der Waals surface area contributed by atoms with E-state index in [-0.39, 0.29) is 12.3 Å². The van der Waals surface area contributed by atoms with Crippen LogP contribution in [-0.4, -0.2) is 193 Å². The number of amides is 1. The van der Waals surface area contributed by atoms with Crippen molar-refractivity contribution in [2.75, 3.05) is 26.4 Å². The second-order valence-corrected chi connectivity index (χ2v) is 28.1. The summed E-state index contributed by atoms with van der Waals surface area (Å²) >= 11 is 0. The number of aliphatic hydroxyl groups is 11. The van der Waals surface area contributed by atoms with Gasteiger partial charge in [-0.3, -0.25) is 4.79 Å². The van der Waals surface area contributed by atoms with Crippen molar-refractivity contribution >= 4 is 5.91 Å². The minimum absolute atomic E-state index is 0.164. The van der Waals surface area contributed by atoms with E-state index in [9.17, 15) is 61.0 Å². The van der Waals surface area contributed by atoms with E-state index in [1.165, 1.54) is 89.9 Å². The number of allylic oxidation sites excluding steroid dienone is 29. The van der Waals surface area contributed by atoms with Gasteiger partial charge >= 0.3 is 0 Å². The van der Waals surface area contributed by atoms with Crippen LogP contribution in [0.15, 0.2) is 182 Å². The summed E-state index contributed by atoms with van der Waals surface area (Å²) in [6.45, 7) is 1.55. The molecule has 3 aliphatic rings. The lowest BCUT2D eigenvalue weighted by molar-refractivity contribution is -0.379. The van der Waals surface area contributed by atoms with E-state index in [2.05, 4.69) is 189 Å². The number of nitrogens with one attached hydrogen (secondary N) is 1. The van der Waals surface area contributed by atoms with E-state index in [0.717, 1.165) is 116 Å². The van der Waals surface area contributed by atoms with Crippen LogP contribution >= 0.6 is 0 Å². The Morgan fingerprint density at radius 2 is 0.648 bits per heavy atom. The van der Waals surface area contributed by atoms with Gasteiger partial charge in [-0.1, -0.05) is 280 Å². The third-order valence-corrected chi connectivity index (χ3v) is 18.9. The fraction of sp³-hybridized carbons (Fsp3) is 0.652. The first kappa shape index (κ1) is 97.1. The highest BCUT2D eigenvalue weighted by molar-refractivity contribution is 5.76. The summed E-state index contributed by atoms with van der Waals surface area (Å²) in [6, 6.07) is -1.04. The Labute approximate surface area is 649 Å². The third-order valence-electron chi connectivity index (χ3n) is 18.9. The van der Waals surface area contributed by atoms with Crippen molar-refractivity contribution < 1.29 is 89.4 Å². The van der Waals surface area contributed by atoms with E-state index in [4.69, 9.17) is 28.4 Å².